The van der Waals surface area contributed by atoms with Gasteiger partial charge in [0.25, 0.3) is 11.9 Å². The summed E-state index contributed by atoms with van der Waals surface area (Å²) in [4.78, 5) is 42.0. The van der Waals surface area contributed by atoms with Crippen LogP contribution in [-0.4, -0.2) is 87.2 Å². The van der Waals surface area contributed by atoms with Crippen molar-refractivity contribution < 1.29 is 38.6 Å². The van der Waals surface area contributed by atoms with Crippen LogP contribution in [0.3, 0.4) is 0 Å². The number of phosphoric ester groups is 1. The molecular weight excluding hydrogens is 451 g/mol. The number of carbonyl (C=O) groups excluding carboxylic acids is 1. The Bertz CT molecular complexity index is 1210. The highest BCUT2D eigenvalue weighted by Gasteiger charge is 2.45. The number of amides is 1. The number of imidazole rings is 1. The second-order valence-electron chi connectivity index (χ2n) is 6.82. The van der Waals surface area contributed by atoms with Crippen molar-refractivity contribution >= 4 is 30.7 Å². The number of anilines is 1. The third-order valence-corrected chi connectivity index (χ3v) is 5.22. The summed E-state index contributed by atoms with van der Waals surface area (Å²) in [6, 6.07) is 0. The highest BCUT2D eigenvalue weighted by Crippen LogP contribution is 2.39. The van der Waals surface area contributed by atoms with E-state index in [2.05, 4.69) is 29.9 Å². The number of ether oxygens (including phenoxy) is 1. The Morgan fingerprint density at radius 1 is 1.34 bits per heavy atom. The predicted molar refractivity (Wildman–Crippen MR) is 104 cm³/mol. The van der Waals surface area contributed by atoms with Crippen LogP contribution in [0, 0.1) is 0 Å². The summed E-state index contributed by atoms with van der Waals surface area (Å²) in [5, 5.41) is 27.1. The van der Waals surface area contributed by atoms with Crippen LogP contribution in [0.2, 0.25) is 0 Å². The number of nitrogens with one attached hydrogen (secondary N) is 1. The van der Waals surface area contributed by atoms with Crippen molar-refractivity contribution in [3.63, 3.8) is 0 Å². The Hall–Kier alpha value is -2.98. The third-order valence-electron chi connectivity index (χ3n) is 4.73. The maximum atomic E-state index is 11.8. The average Bonchev–Trinajstić information content (AvgIpc) is 3.45. The molecule has 172 valence electrons. The summed E-state index contributed by atoms with van der Waals surface area (Å²) in [7, 11) is -3.33. The van der Waals surface area contributed by atoms with Crippen molar-refractivity contribution in [3.8, 4) is 5.95 Å². The molecule has 1 amide bonds. The van der Waals surface area contributed by atoms with Gasteiger partial charge in [0.15, 0.2) is 17.7 Å². The van der Waals surface area contributed by atoms with Gasteiger partial charge in [0, 0.05) is 13.2 Å². The summed E-state index contributed by atoms with van der Waals surface area (Å²) >= 11 is 0. The Labute approximate surface area is 178 Å². The Kier molecular flexibility index (Phi) is 5.68. The number of phosphoric acid groups is 1. The zero-order valence-electron chi connectivity index (χ0n) is 16.4. The minimum atomic E-state index is -4.81. The van der Waals surface area contributed by atoms with E-state index in [0.29, 0.717) is 0 Å². The fourth-order valence-corrected chi connectivity index (χ4v) is 3.52. The normalized spacial score (nSPS) is 23.7. The van der Waals surface area contributed by atoms with E-state index in [4.69, 9.17) is 20.3 Å². The van der Waals surface area contributed by atoms with Gasteiger partial charge < -0.3 is 35.8 Å². The minimum absolute atomic E-state index is 0.00122. The van der Waals surface area contributed by atoms with Gasteiger partial charge in [-0.1, -0.05) is 0 Å². The van der Waals surface area contributed by atoms with E-state index < -0.39 is 39.0 Å². The van der Waals surface area contributed by atoms with Gasteiger partial charge in [0.2, 0.25) is 0 Å². The summed E-state index contributed by atoms with van der Waals surface area (Å²) in [5.74, 6) is -0.383. The average molecular weight is 470 g/mol. The molecule has 16 nitrogen and oxygen atoms in total. The molecular formula is C15H19N8O8P. The largest absolute Gasteiger partial charge is 0.469 e. The van der Waals surface area contributed by atoms with Gasteiger partial charge in [-0.2, -0.15) is 15.1 Å². The number of nitrogens with two attached hydrogens (primary N) is 1. The first-order valence-corrected chi connectivity index (χ1v) is 10.6. The quantitative estimate of drug-likeness (QED) is 0.208. The SMILES string of the molecule is CNC(=O)c1cnn(-c2nc(N)c3ncn([C@@H]4O[C@H](COP(=O)(O)O)[C@@H](O)[C@H]4O)c3n2)c1. The predicted octanol–water partition coefficient (Wildman–Crippen LogP) is -2.32. The van der Waals surface area contributed by atoms with Crippen molar-refractivity contribution in [2.24, 2.45) is 0 Å². The molecule has 0 bridgehead atoms. The minimum Gasteiger partial charge on any atom is -0.387 e. The molecule has 1 aliphatic rings. The van der Waals surface area contributed by atoms with Gasteiger partial charge in [-0.25, -0.2) is 14.2 Å². The zero-order chi connectivity index (χ0) is 23.2. The van der Waals surface area contributed by atoms with Crippen LogP contribution in [-0.2, 0) is 13.8 Å². The molecule has 4 heterocycles. The third kappa shape index (κ3) is 4.07. The monoisotopic (exact) mass is 470 g/mol. The molecule has 17 heteroatoms. The van der Waals surface area contributed by atoms with Crippen LogP contribution in [0.15, 0.2) is 18.7 Å². The number of fused-ring (bicyclic) bond motifs is 1. The number of rotatable bonds is 6. The van der Waals surface area contributed by atoms with Gasteiger partial charge in [0.05, 0.1) is 24.7 Å². The molecule has 4 rings (SSSR count). The molecule has 0 spiro atoms. The summed E-state index contributed by atoms with van der Waals surface area (Å²) in [5.41, 5.74) is 6.53. The molecule has 1 fully saturated rings. The van der Waals surface area contributed by atoms with Crippen LogP contribution in [0.1, 0.15) is 16.6 Å². The smallest absolute Gasteiger partial charge is 0.387 e. The standard InChI is InChI=1S/C15H19N8O8P/c1-17-13(26)6-2-19-23(3-6)15-20-11(16)8-12(21-15)22(5-18-8)14-10(25)9(24)7(31-14)4-30-32(27,28)29/h2-3,5,7,9-10,14,24-25H,4H2,1H3,(H,17,26)(H2,16,20,21)(H2,27,28,29)/t7-,9-,10-,14-/m1/s1. The number of aliphatic hydroxyl groups excluding tert-OH is 2. The number of aliphatic hydroxyl groups is 2. The van der Waals surface area contributed by atoms with Gasteiger partial charge >= 0.3 is 7.82 Å². The van der Waals surface area contributed by atoms with E-state index in [9.17, 15) is 19.6 Å². The van der Waals surface area contributed by atoms with Gasteiger partial charge in [-0.05, 0) is 0 Å². The van der Waals surface area contributed by atoms with E-state index in [-0.39, 0.29) is 34.4 Å². The number of nitrogen functional groups attached to an aromatic ring is 1. The lowest BCUT2D eigenvalue weighted by atomic mass is 10.1. The maximum Gasteiger partial charge on any atom is 0.469 e. The lowest BCUT2D eigenvalue weighted by Gasteiger charge is -2.17. The topological polar surface area (TPSA) is 233 Å². The molecule has 1 aliphatic heterocycles. The molecule has 0 radical (unpaired) electrons. The molecule has 32 heavy (non-hydrogen) atoms. The molecule has 3 aromatic rings. The number of hydrogen-bond acceptors (Lipinski definition) is 11. The molecule has 0 aromatic carbocycles. The summed E-state index contributed by atoms with van der Waals surface area (Å²) in [6.07, 6.45) is -1.51. The lowest BCUT2D eigenvalue weighted by molar-refractivity contribution is -0.0504. The van der Waals surface area contributed by atoms with Gasteiger partial charge in [-0.3, -0.25) is 13.9 Å². The summed E-state index contributed by atoms with van der Waals surface area (Å²) in [6.45, 7) is -0.663. The van der Waals surface area contributed by atoms with Crippen molar-refractivity contribution in [2.75, 3.05) is 19.4 Å². The van der Waals surface area contributed by atoms with Crippen LogP contribution in [0.4, 0.5) is 5.82 Å². The maximum absolute atomic E-state index is 11.8. The zero-order valence-corrected chi connectivity index (χ0v) is 17.3. The molecule has 4 atom stereocenters. The first kappa shape index (κ1) is 22.2. The van der Waals surface area contributed by atoms with Crippen LogP contribution < -0.4 is 11.1 Å². The van der Waals surface area contributed by atoms with Crippen LogP contribution in [0.25, 0.3) is 17.1 Å². The van der Waals surface area contributed by atoms with E-state index >= 15 is 0 Å². The fraction of sp³-hybridized carbons (Fsp3) is 0.400. The Morgan fingerprint density at radius 3 is 2.78 bits per heavy atom. The molecule has 3 aromatic heterocycles. The fourth-order valence-electron chi connectivity index (χ4n) is 3.18. The van der Waals surface area contributed by atoms with Gasteiger partial charge in [0.1, 0.15) is 23.8 Å². The lowest BCUT2D eigenvalue weighted by Crippen LogP contribution is -2.33. The summed E-state index contributed by atoms with van der Waals surface area (Å²) < 4.78 is 23.3. The first-order chi connectivity index (χ1) is 15.1. The molecule has 1 saturated heterocycles. The van der Waals surface area contributed by atoms with E-state index in [0.717, 1.165) is 0 Å². The number of hydrogen-bond donors (Lipinski definition) is 6. The van der Waals surface area contributed by atoms with Crippen molar-refractivity contribution in [2.45, 2.75) is 24.5 Å². The Morgan fingerprint density at radius 2 is 2.09 bits per heavy atom. The van der Waals surface area contributed by atoms with Gasteiger partial charge in [-0.15, -0.1) is 0 Å². The van der Waals surface area contributed by atoms with Crippen molar-refractivity contribution in [1.29, 1.82) is 0 Å². The first-order valence-electron chi connectivity index (χ1n) is 9.08. The number of aromatic nitrogens is 6. The van der Waals surface area contributed by atoms with E-state index in [1.54, 1.807) is 0 Å². The van der Waals surface area contributed by atoms with Crippen molar-refractivity contribution in [3.05, 3.63) is 24.3 Å². The molecule has 0 saturated carbocycles. The molecule has 7 N–H and O–H groups in total. The van der Waals surface area contributed by atoms with Crippen LogP contribution in [0.5, 0.6) is 0 Å². The second-order valence-corrected chi connectivity index (χ2v) is 8.06. The Balaban J connectivity index is 1.67. The van der Waals surface area contributed by atoms with Crippen LogP contribution >= 0.6 is 7.82 Å². The molecule has 0 aliphatic carbocycles. The highest BCUT2D eigenvalue weighted by atomic mass is 31.2. The highest BCUT2D eigenvalue weighted by molar-refractivity contribution is 7.46. The second kappa shape index (κ2) is 8.18. The number of carbonyl (C=O) groups is 1. The molecule has 0 unspecified atom stereocenters. The number of nitrogens with zero attached hydrogens (tertiary/aromatic N) is 6. The van der Waals surface area contributed by atoms with Crippen molar-refractivity contribution in [1.82, 2.24) is 34.6 Å². The van der Waals surface area contributed by atoms with E-state index in [1.807, 2.05) is 0 Å². The van der Waals surface area contributed by atoms with E-state index in [1.165, 1.54) is 35.0 Å².